The molecule has 0 aromatic heterocycles. The molecule has 0 bridgehead atoms. The van der Waals surface area contributed by atoms with Gasteiger partial charge >= 0.3 is 0 Å². The molecule has 0 spiro atoms. The lowest BCUT2D eigenvalue weighted by molar-refractivity contribution is -0.385. The highest BCUT2D eigenvalue weighted by molar-refractivity contribution is 7.78. The zero-order valence-corrected chi connectivity index (χ0v) is 7.36. The molecule has 1 unspecified atom stereocenters. The molecular weight excluding hydrogens is 194 g/mol. The predicted molar refractivity (Wildman–Crippen MR) is 47.6 cm³/mol. The van der Waals surface area contributed by atoms with Gasteiger partial charge in [-0.05, 0) is 0 Å². The van der Waals surface area contributed by atoms with E-state index in [1.165, 1.54) is 18.2 Å². The minimum Gasteiger partial charge on any atom is -0.306 e. The van der Waals surface area contributed by atoms with Crippen LogP contribution in [0.25, 0.3) is 0 Å². The third kappa shape index (κ3) is 2.60. The van der Waals surface area contributed by atoms with Crippen molar-refractivity contribution >= 4 is 16.8 Å². The van der Waals surface area contributed by atoms with E-state index in [9.17, 15) is 14.3 Å². The largest absolute Gasteiger partial charge is 0.306 e. The Kier molecular flexibility index (Phi) is 3.10. The zero-order valence-electron chi connectivity index (χ0n) is 6.54. The Balaban J connectivity index is 3.04. The molecule has 0 fully saturated rings. The molecule has 0 aliphatic rings. The van der Waals surface area contributed by atoms with Crippen LogP contribution in [0.15, 0.2) is 24.3 Å². The molecule has 0 radical (unpaired) electrons. The fourth-order valence-electron chi connectivity index (χ4n) is 0.944. The normalized spacial score (nSPS) is 12.4. The van der Waals surface area contributed by atoms with E-state index in [1.54, 1.807) is 6.07 Å². The van der Waals surface area contributed by atoms with Crippen LogP contribution in [-0.4, -0.2) is 13.7 Å². The number of hydrogen-bond donors (Lipinski definition) is 1. The molecule has 1 aromatic rings. The Morgan fingerprint density at radius 1 is 1.46 bits per heavy atom. The number of rotatable bonds is 3. The Hall–Kier alpha value is -1.27. The van der Waals surface area contributed by atoms with Crippen molar-refractivity contribution in [2.24, 2.45) is 0 Å². The molecule has 70 valence electrons. The van der Waals surface area contributed by atoms with Gasteiger partial charge in [-0.2, -0.15) is 0 Å². The molecule has 0 aliphatic carbocycles. The van der Waals surface area contributed by atoms with E-state index in [-0.39, 0.29) is 17.0 Å². The quantitative estimate of drug-likeness (QED) is 0.454. The third-order valence-corrected chi connectivity index (χ3v) is 2.03. The first kappa shape index (κ1) is 9.82. The predicted octanol–water partition coefficient (Wildman–Crippen LogP) is 1.32. The van der Waals surface area contributed by atoms with Gasteiger partial charge in [-0.3, -0.25) is 10.1 Å². The molecule has 0 aliphatic heterocycles. The summed E-state index contributed by atoms with van der Waals surface area (Å²) in [6.07, 6.45) is 0. The monoisotopic (exact) mass is 201 g/mol. The van der Waals surface area contributed by atoms with Gasteiger partial charge in [-0.15, -0.1) is 0 Å². The van der Waals surface area contributed by atoms with Crippen LogP contribution in [0.5, 0.6) is 0 Å². The van der Waals surface area contributed by atoms with Gasteiger partial charge in [0.2, 0.25) is 0 Å². The fourth-order valence-corrected chi connectivity index (χ4v) is 1.45. The Labute approximate surface area is 76.8 Å². The molecule has 1 rings (SSSR count). The summed E-state index contributed by atoms with van der Waals surface area (Å²) in [7, 11) is 0. The van der Waals surface area contributed by atoms with Crippen molar-refractivity contribution in [3.63, 3.8) is 0 Å². The smallest absolute Gasteiger partial charge is 0.273 e. The fraction of sp³-hybridized carbons (Fsp3) is 0.143. The Morgan fingerprint density at radius 3 is 2.62 bits per heavy atom. The van der Waals surface area contributed by atoms with Gasteiger partial charge in [0.25, 0.3) is 5.69 Å². The summed E-state index contributed by atoms with van der Waals surface area (Å²) < 4.78 is 19.0. The first-order valence-electron chi connectivity index (χ1n) is 3.41. The summed E-state index contributed by atoms with van der Waals surface area (Å²) in [6, 6.07) is 5.88. The number of benzene rings is 1. The van der Waals surface area contributed by atoms with Gasteiger partial charge < -0.3 is 4.55 Å². The second kappa shape index (κ2) is 4.11. The van der Waals surface area contributed by atoms with Crippen LogP contribution in [0.3, 0.4) is 0 Å². The number of nitrogens with zero attached hydrogens (tertiary/aromatic N) is 1. The van der Waals surface area contributed by atoms with Crippen LogP contribution in [0, 0.1) is 10.1 Å². The van der Waals surface area contributed by atoms with Crippen LogP contribution in [0.4, 0.5) is 5.69 Å². The molecular formula is C7H7NO4S. The first-order valence-corrected chi connectivity index (χ1v) is 4.68. The zero-order chi connectivity index (χ0) is 9.84. The minimum absolute atomic E-state index is 0.120. The van der Waals surface area contributed by atoms with E-state index >= 15 is 0 Å². The van der Waals surface area contributed by atoms with Crippen LogP contribution in [0.1, 0.15) is 5.56 Å². The topological polar surface area (TPSA) is 80.4 Å². The highest BCUT2D eigenvalue weighted by Crippen LogP contribution is 2.18. The molecule has 5 nitrogen and oxygen atoms in total. The van der Waals surface area contributed by atoms with Crippen LogP contribution in [-0.2, 0) is 16.8 Å². The van der Waals surface area contributed by atoms with E-state index in [1.807, 2.05) is 0 Å². The molecule has 1 atom stereocenters. The number of nitro groups is 1. The lowest BCUT2D eigenvalue weighted by Gasteiger charge is -1.98. The standard InChI is InChI=1S/C7H7NO4S/c9-8(10)7-4-2-1-3-6(7)5-13(11)12/h1-4H,5H2,(H,11,12). The van der Waals surface area contributed by atoms with E-state index in [0.717, 1.165) is 0 Å². The summed E-state index contributed by atoms with van der Waals surface area (Å²) in [4.78, 5) is 9.86. The van der Waals surface area contributed by atoms with Crippen molar-refractivity contribution in [3.05, 3.63) is 39.9 Å². The van der Waals surface area contributed by atoms with Crippen LogP contribution >= 0.6 is 0 Å². The summed E-state index contributed by atoms with van der Waals surface area (Å²) in [5, 5.41) is 10.4. The van der Waals surface area contributed by atoms with E-state index in [2.05, 4.69) is 0 Å². The maximum absolute atomic E-state index is 10.4. The Morgan fingerprint density at radius 2 is 2.08 bits per heavy atom. The lowest BCUT2D eigenvalue weighted by atomic mass is 10.2. The summed E-state index contributed by atoms with van der Waals surface area (Å²) >= 11 is -2.05. The molecule has 0 saturated carbocycles. The second-order valence-electron chi connectivity index (χ2n) is 2.35. The van der Waals surface area contributed by atoms with E-state index < -0.39 is 16.0 Å². The van der Waals surface area contributed by atoms with E-state index in [4.69, 9.17) is 4.55 Å². The number of hydrogen-bond acceptors (Lipinski definition) is 3. The average molecular weight is 201 g/mol. The van der Waals surface area contributed by atoms with Crippen molar-refractivity contribution < 1.29 is 13.7 Å². The van der Waals surface area contributed by atoms with Gasteiger partial charge in [0, 0.05) is 11.6 Å². The SMILES string of the molecule is O=[N+]([O-])c1ccccc1CS(=O)O. The summed E-state index contributed by atoms with van der Waals surface area (Å²) in [6.45, 7) is 0. The van der Waals surface area contributed by atoms with Crippen LogP contribution < -0.4 is 0 Å². The van der Waals surface area contributed by atoms with Gasteiger partial charge in [0.1, 0.15) is 0 Å². The molecule has 0 amide bonds. The third-order valence-electron chi connectivity index (χ3n) is 1.47. The maximum atomic E-state index is 10.4. The molecule has 13 heavy (non-hydrogen) atoms. The highest BCUT2D eigenvalue weighted by Gasteiger charge is 2.13. The maximum Gasteiger partial charge on any atom is 0.273 e. The van der Waals surface area contributed by atoms with Gasteiger partial charge in [-0.1, -0.05) is 18.2 Å². The number of para-hydroxylation sites is 1. The Bertz CT molecular complexity index is 352. The average Bonchev–Trinajstić information content (AvgIpc) is 2.03. The minimum atomic E-state index is -2.05. The first-order chi connectivity index (χ1) is 6.11. The molecule has 1 aromatic carbocycles. The van der Waals surface area contributed by atoms with Crippen molar-refractivity contribution in [2.45, 2.75) is 5.75 Å². The molecule has 0 heterocycles. The van der Waals surface area contributed by atoms with Crippen molar-refractivity contribution in [2.75, 3.05) is 0 Å². The van der Waals surface area contributed by atoms with Crippen molar-refractivity contribution in [1.82, 2.24) is 0 Å². The van der Waals surface area contributed by atoms with Gasteiger partial charge in [0.15, 0.2) is 11.1 Å². The molecule has 6 heteroatoms. The van der Waals surface area contributed by atoms with E-state index in [0.29, 0.717) is 0 Å². The van der Waals surface area contributed by atoms with Crippen molar-refractivity contribution in [1.29, 1.82) is 0 Å². The van der Waals surface area contributed by atoms with Gasteiger partial charge in [-0.25, -0.2) is 4.21 Å². The van der Waals surface area contributed by atoms with Crippen LogP contribution in [0.2, 0.25) is 0 Å². The second-order valence-corrected chi connectivity index (χ2v) is 3.28. The number of nitro benzene ring substituents is 1. The van der Waals surface area contributed by atoms with Gasteiger partial charge in [0.05, 0.1) is 10.7 Å². The summed E-state index contributed by atoms with van der Waals surface area (Å²) in [5.41, 5.74) is 0.151. The molecule has 1 N–H and O–H groups in total. The lowest BCUT2D eigenvalue weighted by Crippen LogP contribution is -1.98. The van der Waals surface area contributed by atoms with Crippen molar-refractivity contribution in [3.8, 4) is 0 Å². The molecule has 0 saturated heterocycles. The summed E-state index contributed by atoms with van der Waals surface area (Å²) in [5.74, 6) is -0.211. The highest BCUT2D eigenvalue weighted by atomic mass is 32.2.